The number of rotatable bonds is 10. The number of benzene rings is 2. The van der Waals surface area contributed by atoms with E-state index >= 15 is 0 Å². The third-order valence-electron chi connectivity index (χ3n) is 5.43. The number of esters is 1. The molecule has 1 aliphatic rings. The van der Waals surface area contributed by atoms with Crippen LogP contribution in [0.15, 0.2) is 60.7 Å². The molecular formula is C25H30N2O4S. The summed E-state index contributed by atoms with van der Waals surface area (Å²) < 4.78 is 4.99. The molecule has 0 spiro atoms. The van der Waals surface area contributed by atoms with Crippen molar-refractivity contribution in [1.29, 1.82) is 0 Å². The molecule has 0 radical (unpaired) electrons. The van der Waals surface area contributed by atoms with Crippen molar-refractivity contribution in [3.05, 3.63) is 71.8 Å². The van der Waals surface area contributed by atoms with Gasteiger partial charge in [0.2, 0.25) is 0 Å². The van der Waals surface area contributed by atoms with E-state index in [1.807, 2.05) is 36.4 Å². The molecule has 7 heteroatoms. The van der Waals surface area contributed by atoms with Crippen LogP contribution in [0.4, 0.5) is 0 Å². The van der Waals surface area contributed by atoms with E-state index in [9.17, 15) is 14.4 Å². The summed E-state index contributed by atoms with van der Waals surface area (Å²) in [5.74, 6) is 0.265. The van der Waals surface area contributed by atoms with Gasteiger partial charge in [0.25, 0.3) is 11.8 Å². The Bertz CT molecular complexity index is 891. The van der Waals surface area contributed by atoms with Gasteiger partial charge in [0.1, 0.15) is 0 Å². The molecule has 6 nitrogen and oxygen atoms in total. The van der Waals surface area contributed by atoms with Gasteiger partial charge in [-0.05, 0) is 44.0 Å². The zero-order valence-corrected chi connectivity index (χ0v) is 19.1. The Hall–Kier alpha value is -2.80. The summed E-state index contributed by atoms with van der Waals surface area (Å²) in [6.45, 7) is 2.20. The Morgan fingerprint density at radius 2 is 1.50 bits per heavy atom. The first-order valence-electron chi connectivity index (χ1n) is 11.1. The van der Waals surface area contributed by atoms with Gasteiger partial charge in [0, 0.05) is 28.6 Å². The highest BCUT2D eigenvalue weighted by molar-refractivity contribution is 8.00. The van der Waals surface area contributed by atoms with Crippen LogP contribution in [-0.4, -0.2) is 47.5 Å². The van der Waals surface area contributed by atoms with E-state index in [0.717, 1.165) is 25.0 Å². The molecule has 1 saturated heterocycles. The first-order chi connectivity index (χ1) is 15.6. The molecule has 2 aromatic carbocycles. The second kappa shape index (κ2) is 12.3. The first kappa shape index (κ1) is 23.9. The van der Waals surface area contributed by atoms with E-state index in [0.29, 0.717) is 24.2 Å². The number of carbonyl (C=O) groups excluding carboxylic acids is 3. The zero-order valence-electron chi connectivity index (χ0n) is 18.3. The summed E-state index contributed by atoms with van der Waals surface area (Å²) in [7, 11) is 0. The Kier molecular flexibility index (Phi) is 9.16. The van der Waals surface area contributed by atoms with Gasteiger partial charge in [0.15, 0.2) is 0 Å². The molecule has 0 aliphatic carbocycles. The quantitative estimate of drug-likeness (QED) is 0.421. The van der Waals surface area contributed by atoms with Crippen LogP contribution in [0.2, 0.25) is 0 Å². The fourth-order valence-corrected chi connectivity index (χ4v) is 5.34. The number of unbranched alkanes of at least 4 members (excludes halogenated alkanes) is 1. The van der Waals surface area contributed by atoms with Crippen LogP contribution < -0.4 is 10.6 Å². The van der Waals surface area contributed by atoms with Gasteiger partial charge in [-0.15, -0.1) is 0 Å². The Labute approximate surface area is 193 Å². The number of amides is 2. The van der Waals surface area contributed by atoms with Crippen LogP contribution in [0, 0.1) is 0 Å². The minimum absolute atomic E-state index is 0.141. The molecule has 3 rings (SSSR count). The van der Waals surface area contributed by atoms with Gasteiger partial charge in [-0.3, -0.25) is 14.4 Å². The van der Waals surface area contributed by atoms with Crippen molar-refractivity contribution >= 4 is 29.5 Å². The minimum Gasteiger partial charge on any atom is -0.466 e. The molecule has 3 atom stereocenters. The summed E-state index contributed by atoms with van der Waals surface area (Å²) in [5.41, 5.74) is 1.20. The smallest absolute Gasteiger partial charge is 0.305 e. The number of nitrogens with one attached hydrogen (secondary N) is 2. The van der Waals surface area contributed by atoms with E-state index in [-0.39, 0.29) is 35.1 Å². The lowest BCUT2D eigenvalue weighted by Crippen LogP contribution is -2.53. The maximum atomic E-state index is 12.8. The lowest BCUT2D eigenvalue weighted by molar-refractivity contribution is -0.143. The number of ether oxygens (including phenoxy) is 1. The monoisotopic (exact) mass is 454 g/mol. The fraction of sp³-hybridized carbons (Fsp3) is 0.400. The van der Waals surface area contributed by atoms with Crippen LogP contribution in [0.5, 0.6) is 0 Å². The average molecular weight is 455 g/mol. The van der Waals surface area contributed by atoms with E-state index in [1.54, 1.807) is 43.0 Å². The van der Waals surface area contributed by atoms with Crippen LogP contribution >= 0.6 is 11.8 Å². The third-order valence-corrected chi connectivity index (χ3v) is 6.94. The van der Waals surface area contributed by atoms with Gasteiger partial charge in [-0.1, -0.05) is 42.8 Å². The Morgan fingerprint density at radius 1 is 0.906 bits per heavy atom. The summed E-state index contributed by atoms with van der Waals surface area (Å²) in [4.78, 5) is 37.1. The molecule has 32 heavy (non-hydrogen) atoms. The van der Waals surface area contributed by atoms with Gasteiger partial charge >= 0.3 is 5.97 Å². The van der Waals surface area contributed by atoms with E-state index in [1.165, 1.54) is 0 Å². The second-order valence-electron chi connectivity index (χ2n) is 7.73. The van der Waals surface area contributed by atoms with Gasteiger partial charge in [-0.2, -0.15) is 11.8 Å². The van der Waals surface area contributed by atoms with Crippen molar-refractivity contribution < 1.29 is 19.1 Å². The van der Waals surface area contributed by atoms with Crippen molar-refractivity contribution in [2.45, 2.75) is 49.9 Å². The Morgan fingerprint density at radius 3 is 2.09 bits per heavy atom. The highest BCUT2D eigenvalue weighted by Crippen LogP contribution is 2.32. The third kappa shape index (κ3) is 6.85. The second-order valence-corrected chi connectivity index (χ2v) is 9.01. The van der Waals surface area contributed by atoms with E-state index in [4.69, 9.17) is 4.74 Å². The van der Waals surface area contributed by atoms with E-state index in [2.05, 4.69) is 10.6 Å². The molecule has 1 fully saturated rings. The molecular weight excluding hydrogens is 424 g/mol. The topological polar surface area (TPSA) is 84.5 Å². The number of carbonyl (C=O) groups is 3. The van der Waals surface area contributed by atoms with Crippen LogP contribution in [-0.2, 0) is 9.53 Å². The summed E-state index contributed by atoms with van der Waals surface area (Å²) in [6, 6.07) is 17.8. The predicted molar refractivity (Wildman–Crippen MR) is 127 cm³/mol. The molecule has 1 aliphatic heterocycles. The molecule has 0 unspecified atom stereocenters. The van der Waals surface area contributed by atoms with Crippen LogP contribution in [0.25, 0.3) is 0 Å². The van der Waals surface area contributed by atoms with Crippen molar-refractivity contribution in [2.75, 3.05) is 12.4 Å². The lowest BCUT2D eigenvalue weighted by atomic mass is 10.00. The predicted octanol–water partition coefficient (Wildman–Crippen LogP) is 3.82. The standard InChI is InChI=1S/C25H30N2O4S/c1-2-31-22(28)16-10-9-15-21-23(27-25(30)19-13-7-4-8-14-19)20(17-32-21)26-24(29)18-11-5-3-6-12-18/h3-8,11-14,20-21,23H,2,9-10,15-17H2,1H3,(H,26,29)(H,27,30)/t20-,21-,23+/m0/s1. The molecule has 0 saturated carbocycles. The molecule has 2 amide bonds. The van der Waals surface area contributed by atoms with E-state index < -0.39 is 0 Å². The highest BCUT2D eigenvalue weighted by Gasteiger charge is 2.38. The minimum atomic E-state index is -0.192. The maximum absolute atomic E-state index is 12.8. The van der Waals surface area contributed by atoms with Crippen molar-refractivity contribution in [2.24, 2.45) is 0 Å². The largest absolute Gasteiger partial charge is 0.466 e. The van der Waals surface area contributed by atoms with Crippen molar-refractivity contribution in [1.82, 2.24) is 10.6 Å². The average Bonchev–Trinajstić information content (AvgIpc) is 3.19. The normalized spacial score (nSPS) is 19.8. The zero-order chi connectivity index (χ0) is 22.8. The fourth-order valence-electron chi connectivity index (χ4n) is 3.80. The maximum Gasteiger partial charge on any atom is 0.305 e. The van der Waals surface area contributed by atoms with Crippen molar-refractivity contribution in [3.63, 3.8) is 0 Å². The first-order valence-corrected chi connectivity index (χ1v) is 12.1. The number of hydrogen-bond donors (Lipinski definition) is 2. The molecule has 170 valence electrons. The highest BCUT2D eigenvalue weighted by atomic mass is 32.2. The molecule has 0 aromatic heterocycles. The van der Waals surface area contributed by atoms with Gasteiger partial charge < -0.3 is 15.4 Å². The Balaban J connectivity index is 1.63. The summed E-state index contributed by atoms with van der Waals surface area (Å²) in [5, 5.41) is 6.42. The van der Waals surface area contributed by atoms with Crippen LogP contribution in [0.3, 0.4) is 0 Å². The van der Waals surface area contributed by atoms with Crippen LogP contribution in [0.1, 0.15) is 53.3 Å². The van der Waals surface area contributed by atoms with Crippen molar-refractivity contribution in [3.8, 4) is 0 Å². The number of thioether (sulfide) groups is 1. The molecule has 2 aromatic rings. The molecule has 0 bridgehead atoms. The SMILES string of the molecule is CCOC(=O)CCCC[C@@H]1SC[C@H](NC(=O)c2ccccc2)[C@H]1NC(=O)c1ccccc1. The summed E-state index contributed by atoms with van der Waals surface area (Å²) >= 11 is 1.76. The number of hydrogen-bond acceptors (Lipinski definition) is 5. The molecule has 2 N–H and O–H groups in total. The van der Waals surface area contributed by atoms with Gasteiger partial charge in [0.05, 0.1) is 18.7 Å². The summed E-state index contributed by atoms with van der Waals surface area (Å²) in [6.07, 6.45) is 2.85. The lowest BCUT2D eigenvalue weighted by Gasteiger charge is -2.26. The molecule has 1 heterocycles. The van der Waals surface area contributed by atoms with Gasteiger partial charge in [-0.25, -0.2) is 0 Å².